The second-order valence-electron chi connectivity index (χ2n) is 9.60. The Kier molecular flexibility index (Phi) is 9.13. The Bertz CT molecular complexity index is 1510. The highest BCUT2D eigenvalue weighted by atomic mass is 31.3. The average Bonchev–Trinajstić information content (AvgIpc) is 3.61. The Morgan fingerprint density at radius 2 is 1.58 bits per heavy atom. The number of fused-ring (bicyclic) bond motifs is 1. The van der Waals surface area contributed by atoms with Crippen LogP contribution in [-0.2, 0) is 36.8 Å². The van der Waals surface area contributed by atoms with Crippen LogP contribution >= 0.6 is 15.6 Å². The van der Waals surface area contributed by atoms with Gasteiger partial charge in [-0.2, -0.15) is 0 Å². The minimum absolute atomic E-state index is 0.0415. The van der Waals surface area contributed by atoms with Crippen molar-refractivity contribution in [3.63, 3.8) is 0 Å². The first-order valence-corrected chi connectivity index (χ1v) is 15.4. The topological polar surface area (TPSA) is 297 Å². The number of aldehydes is 1. The third-order valence-corrected chi connectivity index (χ3v) is 9.25. The van der Waals surface area contributed by atoms with Gasteiger partial charge in [0.2, 0.25) is 0 Å². The van der Waals surface area contributed by atoms with Crippen molar-refractivity contribution in [3.05, 3.63) is 36.7 Å². The zero-order valence-electron chi connectivity index (χ0n) is 21.8. The fourth-order valence-corrected chi connectivity index (χ4v) is 6.62. The van der Waals surface area contributed by atoms with E-state index < -0.39 is 77.9 Å². The van der Waals surface area contributed by atoms with E-state index in [-0.39, 0.29) is 17.0 Å². The Hall–Kier alpha value is -2.68. The Labute approximate surface area is 241 Å². The van der Waals surface area contributed by atoms with Crippen LogP contribution in [0, 0.1) is 0 Å². The van der Waals surface area contributed by atoms with Crippen molar-refractivity contribution >= 4 is 38.9 Å². The lowest BCUT2D eigenvalue weighted by Gasteiger charge is -2.32. The fraction of sp³-hybridized carbons (Fsp3) is 0.524. The maximum absolute atomic E-state index is 12.3. The smallest absolute Gasteiger partial charge is 0.274 e. The van der Waals surface area contributed by atoms with Crippen LogP contribution in [0.15, 0.2) is 36.7 Å². The standard InChI is InChI=1S/C21H28N6O14P2/c22-18-13-19(24-8-23-18)27(9-25-13)21-17(32)15(30)12(40-21)7-38-43(35,36)41-42(33,34)37-6-11-14(29)16(31)20(39-11)26-3-1-2-10(4-26)5-28/h1,3-5,8-9,11-12,14-17,20-21,29-32H,2,6-7H2,(H,33,34)(H,35,36)(H2,22,23,24)/p-2/t11-,12-,14-,15-,16-,17-,20-,21-/m1/s1. The van der Waals surface area contributed by atoms with Crippen molar-refractivity contribution in [1.82, 2.24) is 24.4 Å². The number of hydrogen-bond donors (Lipinski definition) is 5. The number of nitrogens with zero attached hydrogens (tertiary/aromatic N) is 5. The minimum Gasteiger partial charge on any atom is -0.756 e. The van der Waals surface area contributed by atoms with E-state index >= 15 is 0 Å². The summed E-state index contributed by atoms with van der Waals surface area (Å²) < 4.78 is 49.9. The number of phosphoric ester groups is 2. The second kappa shape index (κ2) is 12.4. The van der Waals surface area contributed by atoms with Gasteiger partial charge in [0.1, 0.15) is 54.8 Å². The van der Waals surface area contributed by atoms with Crippen LogP contribution in [-0.4, -0.2) is 107 Å². The molecule has 2 unspecified atom stereocenters. The number of hydrogen-bond acceptors (Lipinski definition) is 19. The lowest BCUT2D eigenvalue weighted by molar-refractivity contribution is -0.246. The van der Waals surface area contributed by atoms with Gasteiger partial charge in [0.25, 0.3) is 15.6 Å². The number of anilines is 1. The number of imidazole rings is 1. The molecule has 0 amide bonds. The molecule has 2 aromatic heterocycles. The van der Waals surface area contributed by atoms with Crippen LogP contribution in [0.25, 0.3) is 11.2 Å². The number of rotatable bonds is 11. The summed E-state index contributed by atoms with van der Waals surface area (Å²) in [5.74, 6) is 0.0415. The van der Waals surface area contributed by atoms with E-state index in [9.17, 15) is 44.1 Å². The summed E-state index contributed by atoms with van der Waals surface area (Å²) in [6.45, 7) is -1.93. The molecule has 2 saturated heterocycles. The van der Waals surface area contributed by atoms with Crippen LogP contribution in [0.4, 0.5) is 5.82 Å². The summed E-state index contributed by atoms with van der Waals surface area (Å²) in [4.78, 5) is 48.6. The maximum Gasteiger partial charge on any atom is 0.274 e. The van der Waals surface area contributed by atoms with Gasteiger partial charge in [-0.25, -0.2) is 19.3 Å². The van der Waals surface area contributed by atoms with Crippen molar-refractivity contribution in [3.8, 4) is 0 Å². The molecule has 3 aliphatic rings. The van der Waals surface area contributed by atoms with Gasteiger partial charge in [-0.05, 0) is 6.42 Å². The molecular formula is C21H26N6O14P2-2. The van der Waals surface area contributed by atoms with E-state index in [4.69, 9.17) is 15.2 Å². The molecule has 22 heteroatoms. The lowest BCUT2D eigenvalue weighted by atomic mass is 10.1. The first-order chi connectivity index (χ1) is 20.3. The first kappa shape index (κ1) is 31.7. The zero-order chi connectivity index (χ0) is 31.1. The maximum atomic E-state index is 12.3. The minimum atomic E-state index is -5.66. The molecule has 5 heterocycles. The van der Waals surface area contributed by atoms with Gasteiger partial charge in [-0.15, -0.1) is 0 Å². The van der Waals surface area contributed by atoms with E-state index in [1.807, 2.05) is 0 Å². The molecule has 0 aromatic carbocycles. The summed E-state index contributed by atoms with van der Waals surface area (Å²) in [7, 11) is -11.3. The molecule has 2 aromatic rings. The van der Waals surface area contributed by atoms with E-state index in [2.05, 4.69) is 28.3 Å². The monoisotopic (exact) mass is 648 g/mol. The largest absolute Gasteiger partial charge is 0.756 e. The molecular weight excluding hydrogens is 622 g/mol. The molecule has 0 saturated carbocycles. The van der Waals surface area contributed by atoms with Crippen molar-refractivity contribution in [1.29, 1.82) is 0 Å². The van der Waals surface area contributed by atoms with Gasteiger partial charge in [0.05, 0.1) is 19.5 Å². The summed E-state index contributed by atoms with van der Waals surface area (Å²) in [6, 6.07) is 0. The molecule has 43 heavy (non-hydrogen) atoms. The molecule has 10 atom stereocenters. The number of allylic oxidation sites excluding steroid dienone is 2. The molecule has 3 aliphatic heterocycles. The van der Waals surface area contributed by atoms with E-state index in [1.165, 1.54) is 28.2 Å². The quantitative estimate of drug-likeness (QED) is 0.118. The summed E-state index contributed by atoms with van der Waals surface area (Å²) in [6.07, 6.45) is -4.21. The van der Waals surface area contributed by atoms with Gasteiger partial charge in [-0.1, -0.05) is 6.08 Å². The first-order valence-electron chi connectivity index (χ1n) is 12.5. The third kappa shape index (κ3) is 6.71. The Morgan fingerprint density at radius 1 is 0.977 bits per heavy atom. The second-order valence-corrected chi connectivity index (χ2v) is 12.6. The number of carbonyl (C=O) groups is 1. The van der Waals surface area contributed by atoms with Gasteiger partial charge >= 0.3 is 0 Å². The van der Waals surface area contributed by atoms with Gasteiger partial charge in [-0.3, -0.25) is 18.5 Å². The molecule has 6 N–H and O–H groups in total. The number of aliphatic hydroxyl groups is 4. The SMILES string of the molecule is Nc1ncnc2c1ncn2[C@@H]1O[C@H](COP(=O)([O-])OP(=O)([O-])OC[C@H]2O[C@@H](N3C=CCC(C=O)=C3)[C@H](O)[C@@H]2O)[C@@H](O)[C@H]1O. The Balaban J connectivity index is 1.15. The van der Waals surface area contributed by atoms with Crippen LogP contribution in [0.1, 0.15) is 12.6 Å². The number of aromatic nitrogens is 4. The molecule has 236 valence electrons. The number of nitrogens with two attached hydrogens (primary N) is 1. The molecule has 2 fully saturated rings. The third-order valence-electron chi connectivity index (χ3n) is 6.72. The molecule has 0 bridgehead atoms. The number of aliphatic hydroxyl groups excluding tert-OH is 4. The summed E-state index contributed by atoms with van der Waals surface area (Å²) in [5, 5.41) is 41.4. The van der Waals surface area contributed by atoms with Crippen LogP contribution in [0.3, 0.4) is 0 Å². The van der Waals surface area contributed by atoms with Gasteiger partial charge in [0.15, 0.2) is 23.9 Å². The average molecular weight is 648 g/mol. The van der Waals surface area contributed by atoms with E-state index in [0.717, 1.165) is 6.33 Å². The predicted octanol–water partition coefficient (Wildman–Crippen LogP) is -3.24. The predicted molar refractivity (Wildman–Crippen MR) is 134 cm³/mol. The highest BCUT2D eigenvalue weighted by Gasteiger charge is 2.46. The van der Waals surface area contributed by atoms with Crippen molar-refractivity contribution < 1.29 is 67.0 Å². The van der Waals surface area contributed by atoms with Gasteiger partial charge < -0.3 is 59.4 Å². The molecule has 20 nitrogen and oxygen atoms in total. The normalized spacial score (nSPS) is 33.8. The van der Waals surface area contributed by atoms with Crippen molar-refractivity contribution in [2.45, 2.75) is 55.5 Å². The summed E-state index contributed by atoms with van der Waals surface area (Å²) >= 11 is 0. The van der Waals surface area contributed by atoms with Crippen LogP contribution in [0.2, 0.25) is 0 Å². The molecule has 5 rings (SSSR count). The van der Waals surface area contributed by atoms with Crippen molar-refractivity contribution in [2.24, 2.45) is 0 Å². The van der Waals surface area contributed by atoms with Gasteiger partial charge in [0, 0.05) is 18.0 Å². The number of phosphoric acid groups is 2. The van der Waals surface area contributed by atoms with Crippen LogP contribution < -0.4 is 15.5 Å². The number of carbonyl (C=O) groups excluding carboxylic acids is 1. The Morgan fingerprint density at radius 3 is 2.21 bits per heavy atom. The zero-order valence-corrected chi connectivity index (χ0v) is 23.6. The molecule has 0 spiro atoms. The fourth-order valence-electron chi connectivity index (χ4n) is 4.60. The number of ether oxygens (including phenoxy) is 2. The van der Waals surface area contributed by atoms with Crippen LogP contribution in [0.5, 0.6) is 0 Å². The highest BCUT2D eigenvalue weighted by molar-refractivity contribution is 7.59. The van der Waals surface area contributed by atoms with Crippen molar-refractivity contribution in [2.75, 3.05) is 18.9 Å². The molecule has 0 radical (unpaired) electrons. The van der Waals surface area contributed by atoms with E-state index in [0.29, 0.717) is 18.3 Å². The molecule has 0 aliphatic carbocycles. The lowest BCUT2D eigenvalue weighted by Crippen LogP contribution is -2.40. The summed E-state index contributed by atoms with van der Waals surface area (Å²) in [5.41, 5.74) is 6.42. The van der Waals surface area contributed by atoms with E-state index in [1.54, 1.807) is 6.08 Å². The highest BCUT2D eigenvalue weighted by Crippen LogP contribution is 2.56. The number of nitrogen functional groups attached to an aromatic ring is 1.